The number of hydrogen-bond donors (Lipinski definition) is 1. The SMILES string of the molecule is CCCNC1CCC(CC)CC1CN(C)Cc1ccco1. The van der Waals surface area contributed by atoms with E-state index in [4.69, 9.17) is 4.42 Å². The normalized spacial score (nSPS) is 26.4. The Hall–Kier alpha value is -0.800. The Morgan fingerprint density at radius 2 is 2.19 bits per heavy atom. The van der Waals surface area contributed by atoms with E-state index in [-0.39, 0.29) is 0 Å². The largest absolute Gasteiger partial charge is 0.468 e. The number of hydrogen-bond acceptors (Lipinski definition) is 3. The minimum Gasteiger partial charge on any atom is -0.468 e. The van der Waals surface area contributed by atoms with Gasteiger partial charge < -0.3 is 9.73 Å². The highest BCUT2D eigenvalue weighted by Crippen LogP contribution is 2.32. The van der Waals surface area contributed by atoms with Crippen LogP contribution in [0.1, 0.15) is 51.7 Å². The summed E-state index contributed by atoms with van der Waals surface area (Å²) in [7, 11) is 2.22. The molecule has 1 aliphatic rings. The molecule has 3 unspecified atom stereocenters. The van der Waals surface area contributed by atoms with Crippen LogP contribution in [0.15, 0.2) is 22.8 Å². The van der Waals surface area contributed by atoms with Crippen molar-refractivity contribution in [1.82, 2.24) is 10.2 Å². The second-order valence-electron chi connectivity index (χ2n) is 6.68. The van der Waals surface area contributed by atoms with Crippen molar-refractivity contribution in [1.29, 1.82) is 0 Å². The molecule has 0 saturated heterocycles. The van der Waals surface area contributed by atoms with Gasteiger partial charge in [0.25, 0.3) is 0 Å². The fourth-order valence-electron chi connectivity index (χ4n) is 3.67. The van der Waals surface area contributed by atoms with Gasteiger partial charge in [-0.3, -0.25) is 4.90 Å². The third kappa shape index (κ3) is 5.15. The van der Waals surface area contributed by atoms with Gasteiger partial charge in [0.1, 0.15) is 5.76 Å². The van der Waals surface area contributed by atoms with E-state index in [0.29, 0.717) is 6.04 Å². The first-order valence-corrected chi connectivity index (χ1v) is 8.67. The van der Waals surface area contributed by atoms with Crippen LogP contribution in [0.3, 0.4) is 0 Å². The van der Waals surface area contributed by atoms with E-state index in [1.807, 2.05) is 6.07 Å². The summed E-state index contributed by atoms with van der Waals surface area (Å²) in [6.45, 7) is 7.83. The summed E-state index contributed by atoms with van der Waals surface area (Å²) >= 11 is 0. The number of furan rings is 1. The van der Waals surface area contributed by atoms with Crippen molar-refractivity contribution in [2.45, 2.75) is 58.5 Å². The highest BCUT2D eigenvalue weighted by Gasteiger charge is 2.30. The van der Waals surface area contributed by atoms with Gasteiger partial charge >= 0.3 is 0 Å². The van der Waals surface area contributed by atoms with E-state index in [9.17, 15) is 0 Å². The summed E-state index contributed by atoms with van der Waals surface area (Å²) in [4.78, 5) is 2.42. The molecule has 1 aromatic rings. The smallest absolute Gasteiger partial charge is 0.117 e. The predicted molar refractivity (Wildman–Crippen MR) is 88.2 cm³/mol. The second kappa shape index (κ2) is 8.60. The molecule has 1 N–H and O–H groups in total. The van der Waals surface area contributed by atoms with E-state index >= 15 is 0 Å². The third-order valence-corrected chi connectivity index (χ3v) is 4.88. The molecule has 0 bridgehead atoms. The Morgan fingerprint density at radius 3 is 2.86 bits per heavy atom. The lowest BCUT2D eigenvalue weighted by atomic mass is 9.76. The molecule has 21 heavy (non-hydrogen) atoms. The molecular formula is C18H32N2O. The third-order valence-electron chi connectivity index (χ3n) is 4.88. The standard InChI is InChI=1S/C18H32N2O/c1-4-10-19-18-9-8-15(5-2)12-16(18)13-20(3)14-17-7-6-11-21-17/h6-7,11,15-16,18-19H,4-5,8-10,12-14H2,1-3H3. The van der Waals surface area contributed by atoms with Crippen LogP contribution in [0.25, 0.3) is 0 Å². The molecule has 0 radical (unpaired) electrons. The first kappa shape index (κ1) is 16.6. The van der Waals surface area contributed by atoms with Gasteiger partial charge in [0.15, 0.2) is 0 Å². The maximum Gasteiger partial charge on any atom is 0.117 e. The Balaban J connectivity index is 1.88. The average Bonchev–Trinajstić information content (AvgIpc) is 2.98. The van der Waals surface area contributed by atoms with Gasteiger partial charge in [0.2, 0.25) is 0 Å². The minimum atomic E-state index is 0.701. The molecule has 3 atom stereocenters. The van der Waals surface area contributed by atoms with Gasteiger partial charge in [-0.1, -0.05) is 20.3 Å². The van der Waals surface area contributed by atoms with Crippen LogP contribution >= 0.6 is 0 Å². The van der Waals surface area contributed by atoms with Crippen LogP contribution < -0.4 is 5.32 Å². The van der Waals surface area contributed by atoms with Crippen LogP contribution in [0.5, 0.6) is 0 Å². The molecule has 1 heterocycles. The zero-order valence-electron chi connectivity index (χ0n) is 14.0. The van der Waals surface area contributed by atoms with E-state index in [0.717, 1.165) is 30.7 Å². The van der Waals surface area contributed by atoms with Crippen LogP contribution in [0, 0.1) is 11.8 Å². The predicted octanol–water partition coefficient (Wildman–Crippen LogP) is 3.91. The molecule has 2 rings (SSSR count). The monoisotopic (exact) mass is 292 g/mol. The highest BCUT2D eigenvalue weighted by atomic mass is 16.3. The Kier molecular flexibility index (Phi) is 6.78. The van der Waals surface area contributed by atoms with Crippen molar-refractivity contribution in [3.63, 3.8) is 0 Å². The Morgan fingerprint density at radius 1 is 1.33 bits per heavy atom. The van der Waals surface area contributed by atoms with Crippen molar-refractivity contribution >= 4 is 0 Å². The molecule has 120 valence electrons. The first-order valence-electron chi connectivity index (χ1n) is 8.67. The maximum absolute atomic E-state index is 5.47. The zero-order chi connectivity index (χ0) is 15.1. The lowest BCUT2D eigenvalue weighted by Gasteiger charge is -2.38. The summed E-state index contributed by atoms with van der Waals surface area (Å²) in [5, 5.41) is 3.78. The first-order chi connectivity index (χ1) is 10.2. The fourth-order valence-corrected chi connectivity index (χ4v) is 3.67. The quantitative estimate of drug-likeness (QED) is 0.787. The average molecular weight is 292 g/mol. The summed E-state index contributed by atoms with van der Waals surface area (Å²) in [6, 6.07) is 4.74. The van der Waals surface area contributed by atoms with Crippen LogP contribution in [0.4, 0.5) is 0 Å². The number of nitrogens with one attached hydrogen (secondary N) is 1. The molecule has 0 aliphatic heterocycles. The molecule has 1 aliphatic carbocycles. The van der Waals surface area contributed by atoms with Gasteiger partial charge in [-0.15, -0.1) is 0 Å². The Labute approximate surface area is 130 Å². The van der Waals surface area contributed by atoms with Crippen molar-refractivity contribution in [2.24, 2.45) is 11.8 Å². The van der Waals surface area contributed by atoms with E-state index in [2.05, 4.69) is 37.2 Å². The Bertz CT molecular complexity index is 377. The second-order valence-corrected chi connectivity index (χ2v) is 6.68. The number of nitrogens with zero attached hydrogens (tertiary/aromatic N) is 1. The van der Waals surface area contributed by atoms with Crippen LogP contribution in [0.2, 0.25) is 0 Å². The molecule has 0 amide bonds. The number of rotatable bonds is 8. The van der Waals surface area contributed by atoms with Crippen LogP contribution in [-0.2, 0) is 6.54 Å². The van der Waals surface area contributed by atoms with Gasteiger partial charge in [-0.25, -0.2) is 0 Å². The molecule has 0 aromatic carbocycles. The van der Waals surface area contributed by atoms with E-state index in [1.165, 1.54) is 38.6 Å². The zero-order valence-corrected chi connectivity index (χ0v) is 14.0. The van der Waals surface area contributed by atoms with Crippen molar-refractivity contribution in [2.75, 3.05) is 20.1 Å². The van der Waals surface area contributed by atoms with Gasteiger partial charge in [-0.2, -0.15) is 0 Å². The van der Waals surface area contributed by atoms with Crippen molar-refractivity contribution in [3.8, 4) is 0 Å². The molecule has 1 fully saturated rings. The van der Waals surface area contributed by atoms with Crippen molar-refractivity contribution < 1.29 is 4.42 Å². The molecule has 1 aromatic heterocycles. The van der Waals surface area contributed by atoms with E-state index < -0.39 is 0 Å². The maximum atomic E-state index is 5.47. The topological polar surface area (TPSA) is 28.4 Å². The van der Waals surface area contributed by atoms with Crippen molar-refractivity contribution in [3.05, 3.63) is 24.2 Å². The summed E-state index contributed by atoms with van der Waals surface area (Å²) in [5.41, 5.74) is 0. The molecule has 3 heteroatoms. The van der Waals surface area contributed by atoms with E-state index in [1.54, 1.807) is 6.26 Å². The van der Waals surface area contributed by atoms with Crippen LogP contribution in [-0.4, -0.2) is 31.1 Å². The lowest BCUT2D eigenvalue weighted by Crippen LogP contribution is -2.45. The minimum absolute atomic E-state index is 0.701. The van der Waals surface area contributed by atoms with Gasteiger partial charge in [-0.05, 0) is 63.2 Å². The summed E-state index contributed by atoms with van der Waals surface area (Å²) < 4.78 is 5.47. The summed E-state index contributed by atoms with van der Waals surface area (Å²) in [6.07, 6.45) is 8.44. The van der Waals surface area contributed by atoms with Gasteiger partial charge in [0, 0.05) is 12.6 Å². The molecule has 3 nitrogen and oxygen atoms in total. The summed E-state index contributed by atoms with van der Waals surface area (Å²) in [5.74, 6) is 2.76. The molecule has 0 spiro atoms. The fraction of sp³-hybridized carbons (Fsp3) is 0.778. The van der Waals surface area contributed by atoms with Gasteiger partial charge in [0.05, 0.1) is 12.8 Å². The molecular weight excluding hydrogens is 260 g/mol. The lowest BCUT2D eigenvalue weighted by molar-refractivity contribution is 0.145. The highest BCUT2D eigenvalue weighted by molar-refractivity contribution is 4.98. The molecule has 1 saturated carbocycles.